The van der Waals surface area contributed by atoms with Gasteiger partial charge in [-0.15, -0.1) is 0 Å². The van der Waals surface area contributed by atoms with Crippen LogP contribution in [0, 0.1) is 0 Å². The Morgan fingerprint density at radius 3 is 2.65 bits per heavy atom. The normalized spacial score (nSPS) is 12.2. The molecule has 5 nitrogen and oxygen atoms in total. The van der Waals surface area contributed by atoms with Gasteiger partial charge in [-0.25, -0.2) is 0 Å². The van der Waals surface area contributed by atoms with E-state index in [1.165, 1.54) is 0 Å². The fourth-order valence-corrected chi connectivity index (χ4v) is 2.16. The van der Waals surface area contributed by atoms with Gasteiger partial charge in [-0.2, -0.15) is 0 Å². The van der Waals surface area contributed by atoms with Gasteiger partial charge in [0.1, 0.15) is 11.5 Å². The first-order valence-corrected chi connectivity index (χ1v) is 6.91. The number of phenols is 1. The zero-order chi connectivity index (χ0) is 15.1. The second-order valence-electron chi connectivity index (χ2n) is 4.62. The van der Waals surface area contributed by atoms with Gasteiger partial charge in [0.25, 0.3) is 0 Å². The van der Waals surface area contributed by atoms with Crippen molar-refractivity contribution in [3.8, 4) is 11.5 Å². The quantitative estimate of drug-likeness (QED) is 0.801. The summed E-state index contributed by atoms with van der Waals surface area (Å²) < 4.78 is 5.08. The number of benzene rings is 1. The first kappa shape index (κ1) is 16.3. The summed E-state index contributed by atoms with van der Waals surface area (Å²) in [5.41, 5.74) is 0.789. The lowest BCUT2D eigenvalue weighted by Crippen LogP contribution is -2.38. The minimum Gasteiger partial charge on any atom is -0.507 e. The van der Waals surface area contributed by atoms with E-state index in [0.29, 0.717) is 18.8 Å². The second kappa shape index (κ2) is 7.75. The van der Waals surface area contributed by atoms with Gasteiger partial charge in [-0.05, 0) is 26.5 Å². The summed E-state index contributed by atoms with van der Waals surface area (Å²) in [6.45, 7) is 7.53. The number of nitrogens with one attached hydrogen (secondary N) is 1. The van der Waals surface area contributed by atoms with Crippen molar-refractivity contribution in [2.45, 2.75) is 26.8 Å². The molecule has 0 bridgehead atoms. The Balaban J connectivity index is 2.85. The Morgan fingerprint density at radius 2 is 2.15 bits per heavy atom. The maximum Gasteiger partial charge on any atom is 0.234 e. The molecule has 0 spiro atoms. The third-order valence-electron chi connectivity index (χ3n) is 3.36. The Hall–Kier alpha value is -1.75. The maximum absolute atomic E-state index is 11.7. The molecule has 0 aliphatic carbocycles. The van der Waals surface area contributed by atoms with Crippen LogP contribution in [0.15, 0.2) is 18.2 Å². The van der Waals surface area contributed by atoms with E-state index in [-0.39, 0.29) is 17.7 Å². The zero-order valence-electron chi connectivity index (χ0n) is 12.6. The zero-order valence-corrected chi connectivity index (χ0v) is 12.6. The number of carbonyl (C=O) groups is 1. The summed E-state index contributed by atoms with van der Waals surface area (Å²) in [5, 5.41) is 12.9. The first-order chi connectivity index (χ1) is 9.53. The fourth-order valence-electron chi connectivity index (χ4n) is 2.16. The van der Waals surface area contributed by atoms with Gasteiger partial charge in [0.05, 0.1) is 13.7 Å². The van der Waals surface area contributed by atoms with Crippen molar-refractivity contribution in [2.75, 3.05) is 26.7 Å². The smallest absolute Gasteiger partial charge is 0.234 e. The molecule has 0 aromatic heterocycles. The number of rotatable bonds is 7. The highest BCUT2D eigenvalue weighted by atomic mass is 16.5. The minimum atomic E-state index is -0.0477. The minimum absolute atomic E-state index is 0.00537. The Morgan fingerprint density at radius 1 is 1.45 bits per heavy atom. The predicted molar refractivity (Wildman–Crippen MR) is 79.0 cm³/mol. The van der Waals surface area contributed by atoms with Gasteiger partial charge in [0, 0.05) is 24.2 Å². The molecule has 112 valence electrons. The van der Waals surface area contributed by atoms with Crippen LogP contribution < -0.4 is 10.1 Å². The van der Waals surface area contributed by atoms with E-state index >= 15 is 0 Å². The number of aromatic hydroxyl groups is 1. The highest BCUT2D eigenvalue weighted by molar-refractivity contribution is 5.78. The number of hydrogen-bond acceptors (Lipinski definition) is 4. The molecule has 1 rings (SSSR count). The number of phenolic OH excluding ortho intramolecular Hbond substituents is 1. The average molecular weight is 280 g/mol. The lowest BCUT2D eigenvalue weighted by atomic mass is 10.1. The van der Waals surface area contributed by atoms with E-state index in [9.17, 15) is 9.90 Å². The van der Waals surface area contributed by atoms with Crippen LogP contribution in [-0.2, 0) is 4.79 Å². The van der Waals surface area contributed by atoms with E-state index in [1.807, 2.05) is 37.8 Å². The van der Waals surface area contributed by atoms with Gasteiger partial charge in [-0.1, -0.05) is 13.0 Å². The molecule has 0 aliphatic heterocycles. The molecule has 0 aliphatic rings. The first-order valence-electron chi connectivity index (χ1n) is 6.91. The van der Waals surface area contributed by atoms with Gasteiger partial charge in [-0.3, -0.25) is 9.69 Å². The number of methoxy groups -OCH3 is 1. The highest BCUT2D eigenvalue weighted by Crippen LogP contribution is 2.31. The molecule has 0 saturated carbocycles. The van der Waals surface area contributed by atoms with Crippen LogP contribution in [0.4, 0.5) is 0 Å². The molecular weight excluding hydrogens is 256 g/mol. The van der Waals surface area contributed by atoms with Crippen molar-refractivity contribution in [2.24, 2.45) is 0 Å². The Bertz CT molecular complexity index is 449. The van der Waals surface area contributed by atoms with E-state index in [4.69, 9.17) is 4.74 Å². The van der Waals surface area contributed by atoms with E-state index in [2.05, 4.69) is 5.32 Å². The summed E-state index contributed by atoms with van der Waals surface area (Å²) in [4.78, 5) is 13.7. The fraction of sp³-hybridized carbons (Fsp3) is 0.533. The largest absolute Gasteiger partial charge is 0.507 e. The molecule has 1 atom stereocenters. The molecule has 20 heavy (non-hydrogen) atoms. The number of nitrogens with zero attached hydrogens (tertiary/aromatic N) is 1. The molecule has 1 amide bonds. The predicted octanol–water partition coefficient (Wildman–Crippen LogP) is 1.92. The Labute approximate surface area is 120 Å². The molecule has 0 saturated heterocycles. The second-order valence-corrected chi connectivity index (χ2v) is 4.62. The Kier molecular flexibility index (Phi) is 6.31. The number of likely N-dealkylation sites (N-methyl/N-ethyl adjacent to an activating group) is 2. The number of hydrogen-bond donors (Lipinski definition) is 2. The lowest BCUT2D eigenvalue weighted by molar-refractivity contribution is -0.122. The van der Waals surface area contributed by atoms with Crippen LogP contribution in [0.25, 0.3) is 0 Å². The average Bonchev–Trinajstić information content (AvgIpc) is 2.44. The molecule has 1 aromatic carbocycles. The van der Waals surface area contributed by atoms with Crippen LogP contribution in [0.2, 0.25) is 0 Å². The van der Waals surface area contributed by atoms with Gasteiger partial charge in [0.15, 0.2) is 0 Å². The van der Waals surface area contributed by atoms with Crippen LogP contribution >= 0.6 is 0 Å². The van der Waals surface area contributed by atoms with Crippen molar-refractivity contribution >= 4 is 5.91 Å². The highest BCUT2D eigenvalue weighted by Gasteiger charge is 2.19. The lowest BCUT2D eigenvalue weighted by Gasteiger charge is -2.28. The number of ether oxygens (including phenoxy) is 1. The van der Waals surface area contributed by atoms with Gasteiger partial charge < -0.3 is 15.2 Å². The van der Waals surface area contributed by atoms with E-state index < -0.39 is 0 Å². The van der Waals surface area contributed by atoms with Gasteiger partial charge in [0.2, 0.25) is 5.91 Å². The summed E-state index contributed by atoms with van der Waals surface area (Å²) in [7, 11) is 1.56. The van der Waals surface area contributed by atoms with Crippen molar-refractivity contribution in [1.29, 1.82) is 0 Å². The summed E-state index contributed by atoms with van der Waals surface area (Å²) in [6, 6.07) is 5.18. The molecule has 1 aromatic rings. The third kappa shape index (κ3) is 4.13. The monoisotopic (exact) mass is 280 g/mol. The SMILES string of the molecule is CCNC(=O)CN(CC)C(C)c1ccc(OC)cc1O. The summed E-state index contributed by atoms with van der Waals surface area (Å²) in [6.07, 6.45) is 0. The van der Waals surface area contributed by atoms with E-state index in [1.54, 1.807) is 13.2 Å². The molecule has 2 N–H and O–H groups in total. The standard InChI is InChI=1S/C15H24N2O3/c1-5-16-15(19)10-17(6-2)11(3)13-8-7-12(20-4)9-14(13)18/h7-9,11,18H,5-6,10H2,1-4H3,(H,16,19). The van der Waals surface area contributed by atoms with Crippen LogP contribution in [0.3, 0.4) is 0 Å². The molecule has 1 unspecified atom stereocenters. The molecule has 5 heteroatoms. The third-order valence-corrected chi connectivity index (χ3v) is 3.36. The molecule has 0 heterocycles. The van der Waals surface area contributed by atoms with Crippen molar-refractivity contribution in [3.63, 3.8) is 0 Å². The van der Waals surface area contributed by atoms with Gasteiger partial charge >= 0.3 is 0 Å². The molecule has 0 radical (unpaired) electrons. The number of amides is 1. The molecular formula is C15H24N2O3. The topological polar surface area (TPSA) is 61.8 Å². The van der Waals surface area contributed by atoms with Crippen LogP contribution in [0.1, 0.15) is 32.4 Å². The van der Waals surface area contributed by atoms with Crippen molar-refractivity contribution in [1.82, 2.24) is 10.2 Å². The van der Waals surface area contributed by atoms with Crippen molar-refractivity contribution in [3.05, 3.63) is 23.8 Å². The van der Waals surface area contributed by atoms with Crippen molar-refractivity contribution < 1.29 is 14.6 Å². The maximum atomic E-state index is 11.7. The molecule has 0 fully saturated rings. The van der Waals surface area contributed by atoms with Crippen LogP contribution in [0.5, 0.6) is 11.5 Å². The van der Waals surface area contributed by atoms with Crippen LogP contribution in [-0.4, -0.2) is 42.7 Å². The summed E-state index contributed by atoms with van der Waals surface area (Å²) >= 11 is 0. The number of carbonyl (C=O) groups excluding carboxylic acids is 1. The summed E-state index contributed by atoms with van der Waals surface area (Å²) in [5.74, 6) is 0.797. The van der Waals surface area contributed by atoms with E-state index in [0.717, 1.165) is 12.1 Å².